The van der Waals surface area contributed by atoms with Crippen molar-refractivity contribution in [3.05, 3.63) is 30.3 Å². The van der Waals surface area contributed by atoms with Gasteiger partial charge in [-0.25, -0.2) is 0 Å². The maximum Gasteiger partial charge on any atom is 0.219 e. The minimum atomic E-state index is -0.358. The van der Waals surface area contributed by atoms with Gasteiger partial charge in [-0.05, 0) is 25.8 Å². The highest BCUT2D eigenvalue weighted by Crippen LogP contribution is 2.46. The fraction of sp³-hybridized carbons (Fsp3) is 0.556. The molecule has 24 heavy (non-hydrogen) atoms. The van der Waals surface area contributed by atoms with E-state index < -0.39 is 0 Å². The van der Waals surface area contributed by atoms with Crippen LogP contribution in [0, 0.1) is 0 Å². The lowest BCUT2D eigenvalue weighted by Crippen LogP contribution is -2.24. The van der Waals surface area contributed by atoms with E-state index in [9.17, 15) is 9.59 Å². The van der Waals surface area contributed by atoms with E-state index in [0.29, 0.717) is 19.4 Å². The van der Waals surface area contributed by atoms with Crippen LogP contribution in [-0.2, 0) is 9.59 Å². The topological polar surface area (TPSA) is 46.2 Å². The van der Waals surface area contributed by atoms with Crippen molar-refractivity contribution >= 4 is 44.6 Å². The van der Waals surface area contributed by atoms with Gasteiger partial charge in [0, 0.05) is 24.9 Å². The van der Waals surface area contributed by atoms with Crippen molar-refractivity contribution in [1.82, 2.24) is 5.32 Å². The van der Waals surface area contributed by atoms with Crippen LogP contribution in [0.5, 0.6) is 0 Å². The molecule has 0 aromatic heterocycles. The summed E-state index contributed by atoms with van der Waals surface area (Å²) in [4.78, 5) is 23.5. The first kappa shape index (κ1) is 21.6. The van der Waals surface area contributed by atoms with Crippen LogP contribution in [0.4, 0.5) is 0 Å². The fourth-order valence-corrected chi connectivity index (χ4v) is 5.93. The molecule has 1 rings (SSSR count). The second-order valence-electron chi connectivity index (χ2n) is 5.71. The third kappa shape index (κ3) is 10.4. The van der Waals surface area contributed by atoms with Gasteiger partial charge in [-0.3, -0.25) is 9.59 Å². The Morgan fingerprint density at radius 2 is 1.83 bits per heavy atom. The molecule has 0 aliphatic carbocycles. The average molecular weight is 385 g/mol. The van der Waals surface area contributed by atoms with Gasteiger partial charge in [0.1, 0.15) is 0 Å². The number of amides is 1. The zero-order valence-electron chi connectivity index (χ0n) is 14.5. The number of carbonyl (C=O) groups excluding carboxylic acids is 2. The van der Waals surface area contributed by atoms with Crippen molar-refractivity contribution in [3.63, 3.8) is 0 Å². The first-order valence-electron chi connectivity index (χ1n) is 8.63. The van der Waals surface area contributed by atoms with Gasteiger partial charge in [0.15, 0.2) is 5.12 Å². The zero-order chi connectivity index (χ0) is 17.6. The largest absolute Gasteiger partial charge is 0.356 e. The summed E-state index contributed by atoms with van der Waals surface area (Å²) in [6.07, 6.45) is 6.34. The van der Waals surface area contributed by atoms with Crippen LogP contribution in [0.25, 0.3) is 0 Å². The number of carbonyl (C=O) groups is 2. The smallest absolute Gasteiger partial charge is 0.219 e. The highest BCUT2D eigenvalue weighted by atomic mass is 32.2. The third-order valence-corrected chi connectivity index (χ3v) is 8.94. The highest BCUT2D eigenvalue weighted by molar-refractivity contribution is 8.28. The molecule has 0 spiro atoms. The van der Waals surface area contributed by atoms with E-state index >= 15 is 0 Å². The molecule has 1 aromatic rings. The molecule has 2 unspecified atom stereocenters. The summed E-state index contributed by atoms with van der Waals surface area (Å²) in [5.41, 5.74) is 0.840. The minimum Gasteiger partial charge on any atom is -0.356 e. The van der Waals surface area contributed by atoms with Crippen molar-refractivity contribution in [3.8, 4) is 0 Å². The monoisotopic (exact) mass is 385 g/mol. The molecule has 0 saturated heterocycles. The van der Waals surface area contributed by atoms with Gasteiger partial charge in [0.05, 0.1) is 0 Å². The van der Waals surface area contributed by atoms with Gasteiger partial charge >= 0.3 is 0 Å². The van der Waals surface area contributed by atoms with Crippen molar-refractivity contribution < 1.29 is 9.59 Å². The van der Waals surface area contributed by atoms with Gasteiger partial charge in [0.2, 0.25) is 5.91 Å². The molecule has 2 atom stereocenters. The van der Waals surface area contributed by atoms with Gasteiger partial charge in [-0.15, -0.1) is 8.93 Å². The van der Waals surface area contributed by atoms with Gasteiger partial charge in [-0.1, -0.05) is 68.3 Å². The molecule has 0 aliphatic heterocycles. The van der Waals surface area contributed by atoms with Crippen LogP contribution in [0.2, 0.25) is 0 Å². The Labute approximate surface area is 154 Å². The Balaban J connectivity index is 2.04. The molecule has 0 saturated carbocycles. The average Bonchev–Trinajstić information content (AvgIpc) is 2.61. The van der Waals surface area contributed by atoms with E-state index in [1.807, 2.05) is 18.2 Å². The standard InChI is InChI=1S/C18H29NO2P2S/c1-2-3-4-8-12-17(20)19-14-9-13-18(21)24-15-23(22)16-10-6-5-7-11-16/h5-7,10-11H,2-4,8-9,12-15,22H2,1H3,(H,19,20). The lowest BCUT2D eigenvalue weighted by molar-refractivity contribution is -0.121. The Hall–Kier alpha value is -0.430. The number of nitrogens with one attached hydrogen (secondary N) is 1. The van der Waals surface area contributed by atoms with Crippen LogP contribution in [0.15, 0.2) is 30.3 Å². The van der Waals surface area contributed by atoms with Crippen LogP contribution in [0.3, 0.4) is 0 Å². The van der Waals surface area contributed by atoms with Crippen molar-refractivity contribution in [1.29, 1.82) is 0 Å². The van der Waals surface area contributed by atoms with Gasteiger partial charge in [-0.2, -0.15) is 0 Å². The van der Waals surface area contributed by atoms with E-state index in [0.717, 1.165) is 24.8 Å². The number of hydrogen-bond donors (Lipinski definition) is 1. The van der Waals surface area contributed by atoms with Crippen LogP contribution < -0.4 is 10.6 Å². The Morgan fingerprint density at radius 1 is 1.08 bits per heavy atom. The zero-order valence-corrected chi connectivity index (χ0v) is 17.4. The molecule has 0 fully saturated rings. The molecule has 1 amide bonds. The highest BCUT2D eigenvalue weighted by Gasteiger charge is 2.09. The summed E-state index contributed by atoms with van der Waals surface area (Å²) in [5.74, 6) is 0.115. The molecule has 0 heterocycles. The van der Waals surface area contributed by atoms with Crippen molar-refractivity contribution in [2.75, 3.05) is 12.0 Å². The molecule has 0 radical (unpaired) electrons. The van der Waals surface area contributed by atoms with Crippen LogP contribution in [-0.4, -0.2) is 23.1 Å². The normalized spacial score (nSPS) is 11.9. The SMILES string of the molecule is CCCCCCC(=O)NCCCC(=O)SCP(P)c1ccccc1. The van der Waals surface area contributed by atoms with Gasteiger partial charge in [0.25, 0.3) is 0 Å². The first-order chi connectivity index (χ1) is 11.6. The lowest BCUT2D eigenvalue weighted by Gasteiger charge is -2.11. The Bertz CT molecular complexity index is 485. The predicted molar refractivity (Wildman–Crippen MR) is 111 cm³/mol. The molecular formula is C18H29NO2P2S. The summed E-state index contributed by atoms with van der Waals surface area (Å²) in [6.45, 7) is 2.77. The van der Waals surface area contributed by atoms with E-state index in [4.69, 9.17) is 0 Å². The second kappa shape index (κ2) is 13.8. The number of thioether (sulfide) groups is 1. The summed E-state index contributed by atoms with van der Waals surface area (Å²) >= 11 is 1.41. The summed E-state index contributed by atoms with van der Waals surface area (Å²) < 4.78 is 0. The molecular weight excluding hydrogens is 356 g/mol. The predicted octanol–water partition coefficient (Wildman–Crippen LogP) is 4.67. The lowest BCUT2D eigenvalue weighted by atomic mass is 10.1. The summed E-state index contributed by atoms with van der Waals surface area (Å²) in [5, 5.41) is 4.42. The quantitative estimate of drug-likeness (QED) is 0.420. The number of benzene rings is 1. The summed E-state index contributed by atoms with van der Waals surface area (Å²) in [6, 6.07) is 10.3. The third-order valence-electron chi connectivity index (χ3n) is 3.59. The Morgan fingerprint density at radius 3 is 2.54 bits per heavy atom. The second-order valence-corrected chi connectivity index (χ2v) is 10.8. The molecule has 0 aliphatic rings. The maximum atomic E-state index is 11.9. The summed E-state index contributed by atoms with van der Waals surface area (Å²) in [7, 11) is 2.51. The fourth-order valence-electron chi connectivity index (χ4n) is 2.17. The van der Waals surface area contributed by atoms with E-state index in [1.54, 1.807) is 0 Å². The number of hydrogen-bond acceptors (Lipinski definition) is 3. The van der Waals surface area contributed by atoms with Crippen LogP contribution in [0.1, 0.15) is 51.9 Å². The first-order valence-corrected chi connectivity index (χ1v) is 12.8. The van der Waals surface area contributed by atoms with Crippen molar-refractivity contribution in [2.45, 2.75) is 51.9 Å². The maximum absolute atomic E-state index is 11.9. The van der Waals surface area contributed by atoms with Gasteiger partial charge < -0.3 is 5.32 Å². The van der Waals surface area contributed by atoms with E-state index in [1.165, 1.54) is 29.9 Å². The van der Waals surface area contributed by atoms with Crippen LogP contribution >= 0.6 is 28.3 Å². The molecule has 134 valence electrons. The molecule has 6 heteroatoms. The molecule has 3 nitrogen and oxygen atoms in total. The molecule has 1 aromatic carbocycles. The Kier molecular flexibility index (Phi) is 12.4. The minimum absolute atomic E-state index is 0.115. The van der Waals surface area contributed by atoms with Crippen molar-refractivity contribution in [2.24, 2.45) is 0 Å². The number of rotatable bonds is 12. The van der Waals surface area contributed by atoms with E-state index in [-0.39, 0.29) is 18.6 Å². The molecule has 0 bridgehead atoms. The van der Waals surface area contributed by atoms with E-state index in [2.05, 4.69) is 33.3 Å². The molecule has 1 N–H and O–H groups in total. The number of unbranched alkanes of at least 4 members (excludes halogenated alkanes) is 3.